The van der Waals surface area contributed by atoms with Crippen LogP contribution in [0, 0.1) is 5.92 Å². The van der Waals surface area contributed by atoms with E-state index in [1.165, 1.54) is 0 Å². The molecule has 1 amide bonds. The second kappa shape index (κ2) is 5.80. The van der Waals surface area contributed by atoms with E-state index in [2.05, 4.69) is 20.9 Å². The summed E-state index contributed by atoms with van der Waals surface area (Å²) in [6.45, 7) is 5.67. The average Bonchev–Trinajstić information content (AvgIpc) is 2.36. The topological polar surface area (TPSA) is 42.4 Å². The Balaban J connectivity index is 2.30. The molecular weight excluding hydrogens is 296 g/mol. The molecule has 0 aromatic carbocycles. The second-order valence-electron chi connectivity index (χ2n) is 4.28. The molecular formula is C13H17BrN2O2. The van der Waals surface area contributed by atoms with Gasteiger partial charge in [0.2, 0.25) is 5.91 Å². The summed E-state index contributed by atoms with van der Waals surface area (Å²) < 4.78 is 6.35. The highest BCUT2D eigenvalue weighted by atomic mass is 79.9. The van der Waals surface area contributed by atoms with Crippen LogP contribution >= 0.6 is 15.9 Å². The first-order valence-corrected chi connectivity index (χ1v) is 7.00. The predicted octanol–water partition coefficient (Wildman–Crippen LogP) is 2.41. The Kier molecular flexibility index (Phi) is 4.35. The van der Waals surface area contributed by atoms with E-state index in [9.17, 15) is 4.79 Å². The van der Waals surface area contributed by atoms with Crippen molar-refractivity contribution in [3.05, 3.63) is 22.3 Å². The summed E-state index contributed by atoms with van der Waals surface area (Å²) >= 11 is 3.42. The molecule has 18 heavy (non-hydrogen) atoms. The van der Waals surface area contributed by atoms with E-state index < -0.39 is 0 Å². The van der Waals surface area contributed by atoms with Gasteiger partial charge in [-0.25, -0.2) is 4.98 Å². The van der Waals surface area contributed by atoms with E-state index in [1.54, 1.807) is 11.1 Å². The fraction of sp³-hybridized carbons (Fsp3) is 0.538. The molecule has 0 fully saturated rings. The number of amides is 1. The molecule has 0 aliphatic carbocycles. The minimum absolute atomic E-state index is 0.0894. The number of halogens is 1. The van der Waals surface area contributed by atoms with Gasteiger partial charge in [-0.1, -0.05) is 0 Å². The smallest absolute Gasteiger partial charge is 0.233 e. The number of rotatable bonds is 4. The fourth-order valence-electron chi connectivity index (χ4n) is 2.24. The number of nitrogens with zero attached hydrogens (tertiary/aromatic N) is 2. The van der Waals surface area contributed by atoms with Gasteiger partial charge in [0.15, 0.2) is 0 Å². The number of fused-ring (bicyclic) bond motifs is 1. The maximum absolute atomic E-state index is 12.3. The number of hydrogen-bond donors (Lipinski definition) is 0. The highest BCUT2D eigenvalue weighted by Crippen LogP contribution is 2.30. The van der Waals surface area contributed by atoms with Crippen molar-refractivity contribution >= 4 is 27.7 Å². The van der Waals surface area contributed by atoms with Crippen molar-refractivity contribution in [3.8, 4) is 0 Å². The quantitative estimate of drug-likeness (QED) is 0.857. The van der Waals surface area contributed by atoms with E-state index in [4.69, 9.17) is 4.74 Å². The zero-order valence-electron chi connectivity index (χ0n) is 10.6. The number of hydrogen-bond acceptors (Lipinski definition) is 3. The van der Waals surface area contributed by atoms with Gasteiger partial charge in [-0.2, -0.15) is 0 Å². The maximum Gasteiger partial charge on any atom is 0.233 e. The average molecular weight is 313 g/mol. The number of ether oxygens (including phenoxy) is 1. The van der Waals surface area contributed by atoms with Gasteiger partial charge < -0.3 is 4.74 Å². The van der Waals surface area contributed by atoms with E-state index in [0.717, 1.165) is 15.9 Å². The number of aromatic nitrogens is 1. The summed E-state index contributed by atoms with van der Waals surface area (Å²) in [7, 11) is 0. The first-order valence-electron chi connectivity index (χ1n) is 6.20. The highest BCUT2D eigenvalue weighted by molar-refractivity contribution is 9.10. The van der Waals surface area contributed by atoms with Crippen LogP contribution in [0.5, 0.6) is 0 Å². The number of pyridine rings is 1. The van der Waals surface area contributed by atoms with Gasteiger partial charge >= 0.3 is 0 Å². The van der Waals surface area contributed by atoms with E-state index in [0.29, 0.717) is 26.2 Å². The molecule has 98 valence electrons. The molecule has 0 spiro atoms. The van der Waals surface area contributed by atoms with Crippen LogP contribution in [0.25, 0.3) is 0 Å². The number of carbonyl (C=O) groups is 1. The van der Waals surface area contributed by atoms with Crippen LogP contribution in [0.1, 0.15) is 19.4 Å². The lowest BCUT2D eigenvalue weighted by Crippen LogP contribution is -2.43. The third-order valence-corrected chi connectivity index (χ3v) is 3.52. The van der Waals surface area contributed by atoms with Gasteiger partial charge in [-0.15, -0.1) is 0 Å². The fourth-order valence-corrected chi connectivity index (χ4v) is 2.62. The van der Waals surface area contributed by atoms with Gasteiger partial charge in [-0.05, 0) is 47.8 Å². The SMILES string of the molecule is CCOCC1Cc2cc(Br)cnc2N(CC)C1=O. The van der Waals surface area contributed by atoms with Gasteiger partial charge in [0.1, 0.15) is 5.82 Å². The third kappa shape index (κ3) is 2.57. The normalized spacial score (nSPS) is 18.9. The van der Waals surface area contributed by atoms with Crippen LogP contribution in [0.4, 0.5) is 5.82 Å². The monoisotopic (exact) mass is 312 g/mol. The Labute approximate surface area is 115 Å². The molecule has 1 aliphatic heterocycles. The van der Waals surface area contributed by atoms with Crippen molar-refractivity contribution in [2.45, 2.75) is 20.3 Å². The lowest BCUT2D eigenvalue weighted by Gasteiger charge is -2.32. The van der Waals surface area contributed by atoms with E-state index >= 15 is 0 Å². The summed E-state index contributed by atoms with van der Waals surface area (Å²) in [6, 6.07) is 2.04. The number of carbonyl (C=O) groups excluding carboxylic acids is 1. The molecule has 5 heteroatoms. The van der Waals surface area contributed by atoms with Gasteiger partial charge in [-0.3, -0.25) is 9.69 Å². The van der Waals surface area contributed by atoms with Crippen LogP contribution in [-0.2, 0) is 16.0 Å². The Morgan fingerprint density at radius 3 is 3.00 bits per heavy atom. The van der Waals surface area contributed by atoms with Gasteiger partial charge in [0.05, 0.1) is 12.5 Å². The van der Waals surface area contributed by atoms with Gasteiger partial charge in [0, 0.05) is 23.8 Å². The molecule has 2 rings (SSSR count). The van der Waals surface area contributed by atoms with Crippen molar-refractivity contribution in [2.24, 2.45) is 5.92 Å². The molecule has 1 aromatic heterocycles. The summed E-state index contributed by atoms with van der Waals surface area (Å²) in [6.07, 6.45) is 2.44. The Morgan fingerprint density at radius 2 is 2.33 bits per heavy atom. The molecule has 1 atom stereocenters. The van der Waals surface area contributed by atoms with Crippen molar-refractivity contribution in [2.75, 3.05) is 24.7 Å². The van der Waals surface area contributed by atoms with Gasteiger partial charge in [0.25, 0.3) is 0 Å². The summed E-state index contributed by atoms with van der Waals surface area (Å²) in [5.74, 6) is 0.820. The zero-order chi connectivity index (χ0) is 13.1. The lowest BCUT2D eigenvalue weighted by molar-refractivity contribution is -0.124. The first-order chi connectivity index (χ1) is 8.67. The molecule has 1 unspecified atom stereocenters. The van der Waals surface area contributed by atoms with E-state index in [-0.39, 0.29) is 11.8 Å². The number of anilines is 1. The van der Waals surface area contributed by atoms with Crippen LogP contribution < -0.4 is 4.90 Å². The molecule has 0 N–H and O–H groups in total. The van der Waals surface area contributed by atoms with Crippen LogP contribution in [0.2, 0.25) is 0 Å². The van der Waals surface area contributed by atoms with Crippen LogP contribution in [-0.4, -0.2) is 30.6 Å². The molecule has 4 nitrogen and oxygen atoms in total. The Morgan fingerprint density at radius 1 is 1.56 bits per heavy atom. The van der Waals surface area contributed by atoms with Crippen molar-refractivity contribution in [3.63, 3.8) is 0 Å². The largest absolute Gasteiger partial charge is 0.381 e. The molecule has 0 saturated carbocycles. The Bertz CT molecular complexity index is 451. The van der Waals surface area contributed by atoms with Crippen LogP contribution in [0.3, 0.4) is 0 Å². The lowest BCUT2D eigenvalue weighted by atomic mass is 9.94. The predicted molar refractivity (Wildman–Crippen MR) is 73.7 cm³/mol. The molecule has 0 radical (unpaired) electrons. The standard InChI is InChI=1S/C13H17BrN2O2/c1-3-16-12-9(6-11(14)7-15-12)5-10(13(16)17)8-18-4-2/h6-7,10H,3-5,8H2,1-2H3. The first kappa shape index (κ1) is 13.5. The zero-order valence-corrected chi connectivity index (χ0v) is 12.2. The van der Waals surface area contributed by atoms with E-state index in [1.807, 2.05) is 19.9 Å². The Hall–Kier alpha value is -0.940. The van der Waals surface area contributed by atoms with Crippen molar-refractivity contribution < 1.29 is 9.53 Å². The molecule has 0 saturated heterocycles. The summed E-state index contributed by atoms with van der Waals surface area (Å²) in [4.78, 5) is 18.4. The molecule has 1 aromatic rings. The van der Waals surface area contributed by atoms with Crippen molar-refractivity contribution in [1.82, 2.24) is 4.98 Å². The van der Waals surface area contributed by atoms with Crippen LogP contribution in [0.15, 0.2) is 16.7 Å². The highest BCUT2D eigenvalue weighted by Gasteiger charge is 2.32. The summed E-state index contributed by atoms with van der Waals surface area (Å²) in [5.41, 5.74) is 1.11. The van der Waals surface area contributed by atoms with Crippen molar-refractivity contribution in [1.29, 1.82) is 0 Å². The maximum atomic E-state index is 12.3. The molecule has 2 heterocycles. The summed E-state index contributed by atoms with van der Waals surface area (Å²) in [5, 5.41) is 0. The molecule has 0 bridgehead atoms. The minimum Gasteiger partial charge on any atom is -0.381 e. The third-order valence-electron chi connectivity index (χ3n) is 3.09. The molecule has 1 aliphatic rings. The second-order valence-corrected chi connectivity index (χ2v) is 5.19. The minimum atomic E-state index is -0.0894.